The summed E-state index contributed by atoms with van der Waals surface area (Å²) >= 11 is 0. The van der Waals surface area contributed by atoms with E-state index in [2.05, 4.69) is 69.0 Å². The molecule has 0 radical (unpaired) electrons. The number of benzene rings is 2. The van der Waals surface area contributed by atoms with Gasteiger partial charge in [0.25, 0.3) is 0 Å². The summed E-state index contributed by atoms with van der Waals surface area (Å²) in [5.74, 6) is 0.932. The lowest BCUT2D eigenvalue weighted by molar-refractivity contribution is -0.132. The lowest BCUT2D eigenvalue weighted by atomic mass is 10.0. The molecule has 2 aromatic carbocycles. The van der Waals surface area contributed by atoms with Crippen LogP contribution in [0.4, 0.5) is 0 Å². The van der Waals surface area contributed by atoms with Crippen molar-refractivity contribution in [3.8, 4) is 11.5 Å². The molecule has 0 saturated heterocycles. The van der Waals surface area contributed by atoms with E-state index in [9.17, 15) is 4.79 Å². The molecule has 41 heavy (non-hydrogen) atoms. The average Bonchev–Trinajstić information content (AvgIpc) is 2.98. The Kier molecular flexibility index (Phi) is 25.8. The van der Waals surface area contributed by atoms with Crippen molar-refractivity contribution in [3.63, 3.8) is 0 Å². The van der Waals surface area contributed by atoms with Crippen LogP contribution >= 0.6 is 0 Å². The first-order valence-electron chi connectivity index (χ1n) is 15.8. The number of ether oxygens (including phenoxy) is 1. The van der Waals surface area contributed by atoms with E-state index < -0.39 is 5.97 Å². The maximum absolute atomic E-state index is 9.60. The van der Waals surface area contributed by atoms with Gasteiger partial charge in [-0.2, -0.15) is 0 Å². The molecule has 0 aliphatic rings. The number of carbonyl (C=O) groups is 1. The number of aliphatic carboxylic acids is 1. The van der Waals surface area contributed by atoms with Crippen LogP contribution in [-0.4, -0.2) is 34.5 Å². The molecule has 2 rings (SSSR count). The van der Waals surface area contributed by atoms with Crippen LogP contribution in [0.25, 0.3) is 0 Å². The first kappa shape index (κ1) is 38.4. The van der Waals surface area contributed by atoms with Crippen LogP contribution in [0, 0.1) is 0 Å². The summed E-state index contributed by atoms with van der Waals surface area (Å²) in [5, 5.41) is 23.1. The summed E-state index contributed by atoms with van der Waals surface area (Å²) in [5.41, 5.74) is 3.02. The molecule has 0 heterocycles. The molecule has 0 unspecified atom stereocenters. The minimum atomic E-state index is -0.935. The highest BCUT2D eigenvalue weighted by Crippen LogP contribution is 2.23. The van der Waals surface area contributed by atoms with Crippen molar-refractivity contribution in [2.75, 3.05) is 13.2 Å². The predicted octanol–water partition coefficient (Wildman–Crippen LogP) is 9.68. The highest BCUT2D eigenvalue weighted by Gasteiger charge is 2.01. The molecule has 2 aromatic rings. The minimum Gasteiger partial charge on any atom is -0.478 e. The number of aliphatic hydroxyl groups is 2. The fraction of sp³-hybridized carbons (Fsp3) is 0.583. The number of hydrogen-bond donors (Lipinski definition) is 3. The molecule has 0 aliphatic carbocycles. The zero-order valence-electron chi connectivity index (χ0n) is 26.2. The minimum absolute atomic E-state index is 0.125. The highest BCUT2D eigenvalue weighted by atomic mass is 16.5. The summed E-state index contributed by atoms with van der Waals surface area (Å²) in [6, 6.07) is 17.4. The smallest absolute Gasteiger partial charge is 0.330 e. The van der Waals surface area contributed by atoms with Crippen molar-refractivity contribution in [1.82, 2.24) is 0 Å². The number of aliphatic hydroxyl groups excluding tert-OH is 2. The van der Waals surface area contributed by atoms with Gasteiger partial charge in [0.15, 0.2) is 0 Å². The number of carboxylic acid groups (broad SMARTS) is 1. The van der Waals surface area contributed by atoms with Crippen LogP contribution in [0.3, 0.4) is 0 Å². The Morgan fingerprint density at radius 2 is 0.902 bits per heavy atom. The molecule has 0 saturated carbocycles. The Hall–Kier alpha value is -2.63. The Balaban J connectivity index is 0.00000137. The third kappa shape index (κ3) is 23.7. The molecule has 0 amide bonds. The fourth-order valence-electron chi connectivity index (χ4n) is 4.16. The van der Waals surface area contributed by atoms with Gasteiger partial charge in [-0.25, -0.2) is 4.79 Å². The van der Waals surface area contributed by atoms with Gasteiger partial charge in [0.1, 0.15) is 11.5 Å². The molecule has 0 atom stereocenters. The summed E-state index contributed by atoms with van der Waals surface area (Å²) in [4.78, 5) is 9.60. The van der Waals surface area contributed by atoms with E-state index in [0.717, 1.165) is 11.5 Å². The van der Waals surface area contributed by atoms with Crippen molar-refractivity contribution >= 4 is 5.97 Å². The first-order chi connectivity index (χ1) is 19.9. The zero-order valence-corrected chi connectivity index (χ0v) is 26.2. The Morgan fingerprint density at radius 1 is 0.610 bits per heavy atom. The Bertz CT molecular complexity index is 800. The standard InChI is InChI=1S/C30H46O.C4H6O2.C2H6O2/c1-3-5-7-9-11-13-15-17-27-19-23-29(24-20-27)31-30-25-21-28(22-26-30)18-16-14-12-10-8-6-4-2;1-3(2)4(5)6;3-1-2-4/h19-26H,3-18H2,1-2H3;1H2,2H3,(H,5,6);3-4H,1-2H2. The highest BCUT2D eigenvalue weighted by molar-refractivity contribution is 5.84. The van der Waals surface area contributed by atoms with E-state index in [0.29, 0.717) is 0 Å². The second kappa shape index (κ2) is 27.5. The molecule has 0 aromatic heterocycles. The molecule has 5 heteroatoms. The maximum atomic E-state index is 9.60. The lowest BCUT2D eigenvalue weighted by Gasteiger charge is -2.08. The van der Waals surface area contributed by atoms with Gasteiger partial charge in [-0.05, 0) is 68.0 Å². The van der Waals surface area contributed by atoms with Crippen molar-refractivity contribution in [2.24, 2.45) is 0 Å². The van der Waals surface area contributed by atoms with Crippen molar-refractivity contribution in [2.45, 2.75) is 124 Å². The second-order valence-corrected chi connectivity index (χ2v) is 10.7. The van der Waals surface area contributed by atoms with Crippen LogP contribution < -0.4 is 4.74 Å². The molecule has 0 aliphatic heterocycles. The van der Waals surface area contributed by atoms with Gasteiger partial charge in [-0.3, -0.25) is 0 Å². The van der Waals surface area contributed by atoms with Crippen LogP contribution in [-0.2, 0) is 17.6 Å². The van der Waals surface area contributed by atoms with E-state index >= 15 is 0 Å². The summed E-state index contributed by atoms with van der Waals surface area (Å²) < 4.78 is 6.05. The topological polar surface area (TPSA) is 87.0 Å². The van der Waals surface area contributed by atoms with E-state index in [1.807, 2.05) is 0 Å². The van der Waals surface area contributed by atoms with Gasteiger partial charge in [0.2, 0.25) is 0 Å². The lowest BCUT2D eigenvalue weighted by Crippen LogP contribution is -1.92. The van der Waals surface area contributed by atoms with Crippen molar-refractivity contribution < 1.29 is 24.9 Å². The van der Waals surface area contributed by atoms with E-state index in [1.165, 1.54) is 121 Å². The number of unbranched alkanes of at least 4 members (excludes halogenated alkanes) is 12. The number of hydrogen-bond acceptors (Lipinski definition) is 4. The first-order valence-corrected chi connectivity index (χ1v) is 15.8. The van der Waals surface area contributed by atoms with Crippen LogP contribution in [0.5, 0.6) is 11.5 Å². The Morgan fingerprint density at radius 3 is 1.17 bits per heavy atom. The molecule has 232 valence electrons. The quantitative estimate of drug-likeness (QED) is 0.109. The molecule has 0 bridgehead atoms. The normalized spacial score (nSPS) is 10.2. The number of carboxylic acids is 1. The largest absolute Gasteiger partial charge is 0.478 e. The molecule has 0 spiro atoms. The maximum Gasteiger partial charge on any atom is 0.330 e. The number of aryl methyl sites for hydroxylation is 2. The number of rotatable bonds is 20. The van der Waals surface area contributed by atoms with E-state index in [1.54, 1.807) is 0 Å². The van der Waals surface area contributed by atoms with Crippen molar-refractivity contribution in [3.05, 3.63) is 71.8 Å². The van der Waals surface area contributed by atoms with Crippen LogP contribution in [0.2, 0.25) is 0 Å². The molecule has 3 N–H and O–H groups in total. The molecular weight excluding hydrogens is 512 g/mol. The van der Waals surface area contributed by atoms with Gasteiger partial charge < -0.3 is 20.1 Å². The van der Waals surface area contributed by atoms with Gasteiger partial charge in [-0.1, -0.05) is 122 Å². The van der Waals surface area contributed by atoms with Crippen LogP contribution in [0.1, 0.15) is 122 Å². The van der Waals surface area contributed by atoms with Gasteiger partial charge in [-0.15, -0.1) is 0 Å². The molecule has 5 nitrogen and oxygen atoms in total. The molecular formula is C36H58O5. The Labute approximate surface area is 250 Å². The predicted molar refractivity (Wildman–Crippen MR) is 173 cm³/mol. The fourth-order valence-corrected chi connectivity index (χ4v) is 4.16. The summed E-state index contributed by atoms with van der Waals surface area (Å²) in [7, 11) is 0. The van der Waals surface area contributed by atoms with E-state index in [4.69, 9.17) is 20.1 Å². The SMILES string of the molecule is C=C(C)C(=O)O.CCCCCCCCCc1ccc(Oc2ccc(CCCCCCCCC)cc2)cc1.OCCO. The van der Waals surface area contributed by atoms with Gasteiger partial charge >= 0.3 is 5.97 Å². The zero-order chi connectivity index (χ0) is 30.6. The van der Waals surface area contributed by atoms with Gasteiger partial charge in [0.05, 0.1) is 13.2 Å². The van der Waals surface area contributed by atoms with Crippen LogP contribution in [0.15, 0.2) is 60.7 Å². The third-order valence-electron chi connectivity index (χ3n) is 6.69. The van der Waals surface area contributed by atoms with Gasteiger partial charge in [0, 0.05) is 5.57 Å². The van der Waals surface area contributed by atoms with Crippen molar-refractivity contribution in [1.29, 1.82) is 0 Å². The summed E-state index contributed by atoms with van der Waals surface area (Å²) in [6.45, 7) is 8.91. The third-order valence-corrected chi connectivity index (χ3v) is 6.69. The average molecular weight is 571 g/mol. The van der Waals surface area contributed by atoms with E-state index in [-0.39, 0.29) is 18.8 Å². The second-order valence-electron chi connectivity index (χ2n) is 10.7. The summed E-state index contributed by atoms with van der Waals surface area (Å²) in [6.07, 6.45) is 21.5. The molecule has 0 fully saturated rings. The monoisotopic (exact) mass is 570 g/mol.